The number of hydrogen-bond acceptors (Lipinski definition) is 4. The summed E-state index contributed by atoms with van der Waals surface area (Å²) in [5.74, 6) is 0.0535. The molecule has 6 heteroatoms. The molecule has 106 valence electrons. The summed E-state index contributed by atoms with van der Waals surface area (Å²) in [6.45, 7) is 6.62. The largest absolute Gasteiger partial charge is 0.368 e. The molecule has 0 radical (unpaired) electrons. The van der Waals surface area contributed by atoms with Crippen LogP contribution in [0.3, 0.4) is 0 Å². The summed E-state index contributed by atoms with van der Waals surface area (Å²) in [7, 11) is 1.61. The Labute approximate surface area is 114 Å². The zero-order valence-corrected chi connectivity index (χ0v) is 12.5. The fourth-order valence-corrected chi connectivity index (χ4v) is 2.62. The van der Waals surface area contributed by atoms with Crippen LogP contribution >= 0.6 is 11.8 Å². The number of nitrogens with one attached hydrogen (secondary N) is 2. The molecule has 0 rings (SSSR count). The molecule has 2 unspecified atom stereocenters. The number of rotatable bonds is 9. The molecule has 0 aromatic rings. The normalized spacial score (nSPS) is 15.8. The first-order chi connectivity index (χ1) is 8.35. The number of thioether (sulfide) groups is 1. The maximum atomic E-state index is 11.5. The van der Waals surface area contributed by atoms with Gasteiger partial charge in [-0.3, -0.25) is 9.59 Å². The van der Waals surface area contributed by atoms with Crippen LogP contribution in [0.2, 0.25) is 0 Å². The first kappa shape index (κ1) is 17.2. The Morgan fingerprint density at radius 1 is 1.44 bits per heavy atom. The standard InChI is InChI=1S/C12H25N3O2S/c1-5-6-15-12(3,11(13)17)7-9(2)18-8-10(16)14-4/h9,15H,5-8H2,1-4H3,(H2,13,17)(H,14,16). The van der Waals surface area contributed by atoms with Gasteiger partial charge in [0.05, 0.1) is 11.3 Å². The van der Waals surface area contributed by atoms with Crippen LogP contribution in [0.25, 0.3) is 0 Å². The second-order valence-electron chi connectivity index (χ2n) is 4.62. The van der Waals surface area contributed by atoms with Crippen molar-refractivity contribution >= 4 is 23.6 Å². The molecule has 0 aliphatic heterocycles. The number of hydrogen-bond donors (Lipinski definition) is 3. The van der Waals surface area contributed by atoms with Gasteiger partial charge in [-0.25, -0.2) is 0 Å². The van der Waals surface area contributed by atoms with E-state index in [0.29, 0.717) is 12.2 Å². The van der Waals surface area contributed by atoms with Gasteiger partial charge in [0, 0.05) is 12.3 Å². The summed E-state index contributed by atoms with van der Waals surface area (Å²) in [5, 5.41) is 5.95. The fourth-order valence-electron chi connectivity index (χ4n) is 1.58. The smallest absolute Gasteiger partial charge is 0.237 e. The summed E-state index contributed by atoms with van der Waals surface area (Å²) in [5.41, 5.74) is 4.75. The second-order valence-corrected chi connectivity index (χ2v) is 6.05. The zero-order chi connectivity index (χ0) is 14.2. The number of nitrogens with two attached hydrogens (primary N) is 1. The van der Waals surface area contributed by atoms with Gasteiger partial charge in [0.1, 0.15) is 0 Å². The molecule has 0 aliphatic carbocycles. The summed E-state index contributed by atoms with van der Waals surface area (Å²) in [6.07, 6.45) is 1.56. The highest BCUT2D eigenvalue weighted by molar-refractivity contribution is 8.00. The molecule has 2 amide bonds. The molecule has 5 nitrogen and oxygen atoms in total. The minimum atomic E-state index is -0.703. The summed E-state index contributed by atoms with van der Waals surface area (Å²) in [6, 6.07) is 0. The third kappa shape index (κ3) is 6.26. The van der Waals surface area contributed by atoms with Crippen LogP contribution in [0.1, 0.15) is 33.6 Å². The Bertz CT molecular complexity index is 286. The van der Waals surface area contributed by atoms with Crippen LogP contribution in [-0.2, 0) is 9.59 Å². The number of carbonyl (C=O) groups excluding carboxylic acids is 2. The molecule has 0 aromatic carbocycles. The lowest BCUT2D eigenvalue weighted by Crippen LogP contribution is -2.54. The molecule has 2 atom stereocenters. The van der Waals surface area contributed by atoms with E-state index < -0.39 is 5.54 Å². The van der Waals surface area contributed by atoms with Crippen molar-refractivity contribution in [3.63, 3.8) is 0 Å². The molecule has 0 bridgehead atoms. The van der Waals surface area contributed by atoms with E-state index in [1.54, 1.807) is 7.05 Å². The van der Waals surface area contributed by atoms with E-state index in [9.17, 15) is 9.59 Å². The van der Waals surface area contributed by atoms with Crippen LogP contribution < -0.4 is 16.4 Å². The summed E-state index contributed by atoms with van der Waals surface area (Å²) in [4.78, 5) is 22.7. The van der Waals surface area contributed by atoms with E-state index in [2.05, 4.69) is 10.6 Å². The van der Waals surface area contributed by atoms with Crippen molar-refractivity contribution in [2.45, 2.75) is 44.4 Å². The number of amides is 2. The third-order valence-electron chi connectivity index (χ3n) is 2.78. The average Bonchev–Trinajstić information content (AvgIpc) is 2.33. The third-order valence-corrected chi connectivity index (χ3v) is 3.95. The van der Waals surface area contributed by atoms with Gasteiger partial charge in [0.25, 0.3) is 0 Å². The lowest BCUT2D eigenvalue weighted by atomic mass is 9.95. The molecule has 4 N–H and O–H groups in total. The minimum absolute atomic E-state index is 0.00542. The maximum Gasteiger partial charge on any atom is 0.237 e. The van der Waals surface area contributed by atoms with Crippen LogP contribution in [0.15, 0.2) is 0 Å². The van der Waals surface area contributed by atoms with E-state index in [4.69, 9.17) is 5.73 Å². The van der Waals surface area contributed by atoms with Gasteiger partial charge in [-0.2, -0.15) is 0 Å². The van der Waals surface area contributed by atoms with Crippen molar-refractivity contribution in [1.82, 2.24) is 10.6 Å². The quantitative estimate of drug-likeness (QED) is 0.572. The van der Waals surface area contributed by atoms with E-state index in [0.717, 1.165) is 13.0 Å². The van der Waals surface area contributed by atoms with Crippen molar-refractivity contribution < 1.29 is 9.59 Å². The Morgan fingerprint density at radius 2 is 2.06 bits per heavy atom. The summed E-state index contributed by atoms with van der Waals surface area (Å²) >= 11 is 1.53. The van der Waals surface area contributed by atoms with Crippen molar-refractivity contribution in [3.8, 4) is 0 Å². The Balaban J connectivity index is 4.31. The zero-order valence-electron chi connectivity index (χ0n) is 11.7. The highest BCUT2D eigenvalue weighted by Crippen LogP contribution is 2.21. The predicted octanol–water partition coefficient (Wildman–Crippen LogP) is 0.488. The van der Waals surface area contributed by atoms with Gasteiger partial charge < -0.3 is 16.4 Å². The molecule has 0 aliphatic rings. The van der Waals surface area contributed by atoms with Crippen LogP contribution in [-0.4, -0.2) is 41.9 Å². The van der Waals surface area contributed by atoms with Crippen molar-refractivity contribution in [1.29, 1.82) is 0 Å². The Morgan fingerprint density at radius 3 is 2.50 bits per heavy atom. The lowest BCUT2D eigenvalue weighted by molar-refractivity contribution is -0.124. The summed E-state index contributed by atoms with van der Waals surface area (Å²) < 4.78 is 0. The molecule has 0 heterocycles. The molecule has 18 heavy (non-hydrogen) atoms. The first-order valence-corrected chi connectivity index (χ1v) is 7.27. The van der Waals surface area contributed by atoms with Gasteiger partial charge in [-0.1, -0.05) is 13.8 Å². The monoisotopic (exact) mass is 275 g/mol. The van der Waals surface area contributed by atoms with Crippen molar-refractivity contribution in [2.24, 2.45) is 5.73 Å². The van der Waals surface area contributed by atoms with Gasteiger partial charge >= 0.3 is 0 Å². The first-order valence-electron chi connectivity index (χ1n) is 6.22. The molecule has 0 spiro atoms. The van der Waals surface area contributed by atoms with Crippen LogP contribution in [0, 0.1) is 0 Å². The van der Waals surface area contributed by atoms with Gasteiger partial charge in [0.2, 0.25) is 11.8 Å². The van der Waals surface area contributed by atoms with Gasteiger partial charge in [0.15, 0.2) is 0 Å². The molecule has 0 saturated heterocycles. The molecular formula is C12H25N3O2S. The molecule has 0 saturated carbocycles. The molecule has 0 fully saturated rings. The van der Waals surface area contributed by atoms with E-state index in [-0.39, 0.29) is 17.1 Å². The lowest BCUT2D eigenvalue weighted by Gasteiger charge is -2.30. The maximum absolute atomic E-state index is 11.5. The average molecular weight is 275 g/mol. The fraction of sp³-hybridized carbons (Fsp3) is 0.833. The van der Waals surface area contributed by atoms with Gasteiger partial charge in [-0.05, 0) is 26.3 Å². The topological polar surface area (TPSA) is 84.2 Å². The SMILES string of the molecule is CCCNC(C)(CC(C)SCC(=O)NC)C(N)=O. The van der Waals surface area contributed by atoms with E-state index >= 15 is 0 Å². The van der Waals surface area contributed by atoms with Crippen LogP contribution in [0.5, 0.6) is 0 Å². The van der Waals surface area contributed by atoms with E-state index in [1.165, 1.54) is 11.8 Å². The number of primary amides is 1. The number of carbonyl (C=O) groups is 2. The Hall–Kier alpha value is -0.750. The van der Waals surface area contributed by atoms with Crippen LogP contribution in [0.4, 0.5) is 0 Å². The minimum Gasteiger partial charge on any atom is -0.368 e. The highest BCUT2D eigenvalue weighted by Gasteiger charge is 2.32. The van der Waals surface area contributed by atoms with E-state index in [1.807, 2.05) is 20.8 Å². The Kier molecular flexibility index (Phi) is 8.02. The van der Waals surface area contributed by atoms with Gasteiger partial charge in [-0.15, -0.1) is 11.8 Å². The highest BCUT2D eigenvalue weighted by atomic mass is 32.2. The predicted molar refractivity (Wildman–Crippen MR) is 76.5 cm³/mol. The second kappa shape index (κ2) is 8.37. The molecule has 0 aromatic heterocycles. The van der Waals surface area contributed by atoms with Crippen molar-refractivity contribution in [3.05, 3.63) is 0 Å². The van der Waals surface area contributed by atoms with Crippen molar-refractivity contribution in [2.75, 3.05) is 19.3 Å². The molecular weight excluding hydrogens is 250 g/mol.